The highest BCUT2D eigenvalue weighted by Gasteiger charge is 2.68. The second kappa shape index (κ2) is 8.71. The summed E-state index contributed by atoms with van der Waals surface area (Å²) in [5.74, 6) is 1.67. The minimum atomic E-state index is -0.912. The minimum Gasteiger partial charge on any atom is -0.452 e. The van der Waals surface area contributed by atoms with E-state index in [0.29, 0.717) is 35.8 Å². The Labute approximate surface area is 197 Å². The molecule has 0 heterocycles. The van der Waals surface area contributed by atoms with Crippen molar-refractivity contribution in [1.82, 2.24) is 0 Å². The first-order chi connectivity index (χ1) is 15.7. The minimum absolute atomic E-state index is 0.156. The molecule has 0 spiro atoms. The van der Waals surface area contributed by atoms with Gasteiger partial charge in [0.2, 0.25) is 0 Å². The van der Waals surface area contributed by atoms with Crippen molar-refractivity contribution in [2.45, 2.75) is 78.2 Å². The first-order valence-electron chi connectivity index (χ1n) is 12.4. The van der Waals surface area contributed by atoms with Crippen LogP contribution >= 0.6 is 0 Å². The average Bonchev–Trinajstić information content (AvgIpc) is 3.05. The second-order valence-electron chi connectivity index (χ2n) is 11.1. The molecule has 4 aliphatic carbocycles. The molecule has 0 aromatic carbocycles. The van der Waals surface area contributed by atoms with Crippen LogP contribution < -0.4 is 0 Å². The van der Waals surface area contributed by atoms with Crippen molar-refractivity contribution in [1.29, 1.82) is 0 Å². The number of aliphatic hydroxyl groups is 1. The lowest BCUT2D eigenvalue weighted by molar-refractivity contribution is -0.168. The first kappa shape index (κ1) is 24.2. The summed E-state index contributed by atoms with van der Waals surface area (Å²) in [6.45, 7) is 8.24. The summed E-state index contributed by atoms with van der Waals surface area (Å²) in [5.41, 5.74) is 1.98. The largest absolute Gasteiger partial charge is 0.452 e. The molecule has 0 aromatic rings. The number of nitrogens with zero attached hydrogens (tertiary/aromatic N) is 2. The lowest BCUT2D eigenvalue weighted by atomic mass is 9.44. The number of oxime groups is 2. The highest BCUT2D eigenvalue weighted by Crippen LogP contribution is 2.69. The van der Waals surface area contributed by atoms with E-state index in [1.54, 1.807) is 7.11 Å². The summed E-state index contributed by atoms with van der Waals surface area (Å²) in [6.07, 6.45) is 9.11. The van der Waals surface area contributed by atoms with Crippen LogP contribution in [0.15, 0.2) is 22.0 Å². The maximum Gasteiger partial charge on any atom is 0.303 e. The molecule has 7 nitrogen and oxygen atoms in total. The van der Waals surface area contributed by atoms with Crippen LogP contribution in [-0.2, 0) is 19.2 Å². The van der Waals surface area contributed by atoms with Gasteiger partial charge in [0.05, 0.1) is 12.3 Å². The highest BCUT2D eigenvalue weighted by molar-refractivity contribution is 5.97. The summed E-state index contributed by atoms with van der Waals surface area (Å²) in [5, 5.41) is 18.6. The molecular formula is C26H40N2O5. The quantitative estimate of drug-likeness (QED) is 0.371. The molecule has 0 saturated heterocycles. The molecule has 4 aliphatic rings. The van der Waals surface area contributed by atoms with E-state index in [1.807, 2.05) is 0 Å². The molecule has 0 amide bonds. The topological polar surface area (TPSA) is 89.7 Å². The van der Waals surface area contributed by atoms with Gasteiger partial charge in [-0.15, -0.1) is 0 Å². The molecule has 33 heavy (non-hydrogen) atoms. The van der Waals surface area contributed by atoms with Gasteiger partial charge in [0, 0.05) is 12.3 Å². The molecule has 0 aromatic heterocycles. The monoisotopic (exact) mass is 460 g/mol. The van der Waals surface area contributed by atoms with Crippen molar-refractivity contribution in [3.05, 3.63) is 11.6 Å². The number of hydrogen-bond acceptors (Lipinski definition) is 7. The van der Waals surface area contributed by atoms with Crippen LogP contribution in [0, 0.1) is 34.5 Å². The van der Waals surface area contributed by atoms with Crippen molar-refractivity contribution in [3.63, 3.8) is 0 Å². The van der Waals surface area contributed by atoms with Crippen LogP contribution in [0.5, 0.6) is 0 Å². The second-order valence-corrected chi connectivity index (χ2v) is 11.1. The Morgan fingerprint density at radius 3 is 2.52 bits per heavy atom. The third-order valence-electron chi connectivity index (χ3n) is 9.76. The maximum atomic E-state index is 12.3. The fourth-order valence-corrected chi connectivity index (χ4v) is 8.47. The Balaban J connectivity index is 1.73. The number of aliphatic hydroxyl groups excluding tert-OH is 1. The van der Waals surface area contributed by atoms with Gasteiger partial charge in [-0.05, 0) is 80.1 Å². The molecule has 184 valence electrons. The lowest BCUT2D eigenvalue weighted by Gasteiger charge is -2.60. The van der Waals surface area contributed by atoms with Crippen LogP contribution in [0.25, 0.3) is 0 Å². The number of allylic oxidation sites excluding steroid dienone is 2. The Bertz CT molecular complexity index is 882. The van der Waals surface area contributed by atoms with Gasteiger partial charge in [0.15, 0.2) is 5.60 Å². The molecule has 4 rings (SSSR count). The van der Waals surface area contributed by atoms with E-state index in [4.69, 9.17) is 14.4 Å². The molecule has 0 unspecified atom stereocenters. The van der Waals surface area contributed by atoms with Crippen LogP contribution in [-0.4, -0.2) is 48.9 Å². The van der Waals surface area contributed by atoms with Gasteiger partial charge >= 0.3 is 5.97 Å². The van der Waals surface area contributed by atoms with Crippen molar-refractivity contribution < 1.29 is 24.3 Å². The zero-order valence-corrected chi connectivity index (χ0v) is 21.0. The molecule has 0 aliphatic heterocycles. The number of ether oxygens (including phenoxy) is 1. The number of carbonyl (C=O) groups excluding carboxylic acids is 1. The summed E-state index contributed by atoms with van der Waals surface area (Å²) >= 11 is 0. The highest BCUT2D eigenvalue weighted by atomic mass is 16.6. The van der Waals surface area contributed by atoms with Crippen molar-refractivity contribution in [2.75, 3.05) is 20.8 Å². The van der Waals surface area contributed by atoms with Gasteiger partial charge < -0.3 is 19.5 Å². The maximum absolute atomic E-state index is 12.3. The SMILES string of the molecule is CO/N=C1/C=C2[C@@H](C)C[C@@H]3[C@H](CC[C@@]4(C)[C@H]3CC[C@]4(OC(C)=O)/C(CO)=N/OC)[C@@]2(C)CC1. The van der Waals surface area contributed by atoms with Gasteiger partial charge in [-0.1, -0.05) is 36.7 Å². The van der Waals surface area contributed by atoms with E-state index in [-0.39, 0.29) is 23.4 Å². The van der Waals surface area contributed by atoms with E-state index < -0.39 is 5.60 Å². The van der Waals surface area contributed by atoms with E-state index >= 15 is 0 Å². The van der Waals surface area contributed by atoms with Gasteiger partial charge in [-0.25, -0.2) is 0 Å². The van der Waals surface area contributed by atoms with Crippen molar-refractivity contribution in [2.24, 2.45) is 44.8 Å². The summed E-state index contributed by atoms with van der Waals surface area (Å²) in [6, 6.07) is 0. The van der Waals surface area contributed by atoms with Crippen molar-refractivity contribution in [3.8, 4) is 0 Å². The number of carbonyl (C=O) groups is 1. The summed E-state index contributed by atoms with van der Waals surface area (Å²) in [4.78, 5) is 22.4. The molecular weight excluding hydrogens is 420 g/mol. The number of rotatable bonds is 5. The van der Waals surface area contributed by atoms with Gasteiger partial charge in [-0.2, -0.15) is 0 Å². The molecule has 3 saturated carbocycles. The van der Waals surface area contributed by atoms with Crippen LogP contribution in [0.4, 0.5) is 0 Å². The number of fused-ring (bicyclic) bond motifs is 5. The Hall–Kier alpha value is -1.89. The molecule has 0 bridgehead atoms. The zero-order valence-electron chi connectivity index (χ0n) is 21.0. The third-order valence-corrected chi connectivity index (χ3v) is 9.76. The standard InChI is InChI=1S/C26H40N2O5/c1-16-13-19-20(24(3)10-7-18(27-31-5)14-22(16)24)8-11-25(4)21(19)9-12-26(25,33-17(2)30)23(15-29)28-32-6/h14,16,19-21,29H,7-13,15H2,1-6H3/b27-18+,28-23+/t16-,19+,20-,21-,24+,25-,26-/m0/s1. The van der Waals surface area contributed by atoms with E-state index in [9.17, 15) is 9.90 Å². The van der Waals surface area contributed by atoms with Gasteiger partial charge in [0.1, 0.15) is 19.9 Å². The fourth-order valence-electron chi connectivity index (χ4n) is 8.47. The van der Waals surface area contributed by atoms with Crippen LogP contribution in [0.2, 0.25) is 0 Å². The van der Waals surface area contributed by atoms with E-state index in [0.717, 1.165) is 44.2 Å². The van der Waals surface area contributed by atoms with E-state index in [2.05, 4.69) is 37.2 Å². The normalized spacial score (nSPS) is 43.8. The molecule has 7 atom stereocenters. The third kappa shape index (κ3) is 3.53. The van der Waals surface area contributed by atoms with Gasteiger partial charge in [0.25, 0.3) is 0 Å². The Morgan fingerprint density at radius 2 is 1.88 bits per heavy atom. The zero-order chi connectivity index (χ0) is 24.0. The molecule has 7 heteroatoms. The predicted molar refractivity (Wildman–Crippen MR) is 127 cm³/mol. The first-order valence-corrected chi connectivity index (χ1v) is 12.4. The number of hydrogen-bond donors (Lipinski definition) is 1. The van der Waals surface area contributed by atoms with Gasteiger partial charge in [-0.3, -0.25) is 4.79 Å². The fraction of sp³-hybridized carbons (Fsp3) is 0.808. The summed E-state index contributed by atoms with van der Waals surface area (Å²) in [7, 11) is 3.09. The average molecular weight is 461 g/mol. The van der Waals surface area contributed by atoms with Crippen LogP contribution in [0.1, 0.15) is 72.6 Å². The Morgan fingerprint density at radius 1 is 1.15 bits per heavy atom. The lowest BCUT2D eigenvalue weighted by Crippen LogP contribution is -2.60. The van der Waals surface area contributed by atoms with Crippen LogP contribution in [0.3, 0.4) is 0 Å². The van der Waals surface area contributed by atoms with E-state index in [1.165, 1.54) is 19.6 Å². The molecule has 1 N–H and O–H groups in total. The predicted octanol–water partition coefficient (Wildman–Crippen LogP) is 4.49. The summed E-state index contributed by atoms with van der Waals surface area (Å²) < 4.78 is 6.11. The molecule has 0 radical (unpaired) electrons. The number of esters is 1. The molecule has 3 fully saturated rings. The Kier molecular flexibility index (Phi) is 6.40. The van der Waals surface area contributed by atoms with Crippen molar-refractivity contribution >= 4 is 17.4 Å². The smallest absolute Gasteiger partial charge is 0.303 e.